The summed E-state index contributed by atoms with van der Waals surface area (Å²) in [6.07, 6.45) is 2.06. The van der Waals surface area contributed by atoms with Crippen LogP contribution in [0.15, 0.2) is 59.5 Å². The van der Waals surface area contributed by atoms with Crippen LogP contribution in [0.25, 0.3) is 5.69 Å². The summed E-state index contributed by atoms with van der Waals surface area (Å²) in [6, 6.07) is 11.3. The van der Waals surface area contributed by atoms with Crippen molar-refractivity contribution in [2.45, 2.75) is 26.7 Å². The zero-order chi connectivity index (χ0) is 22.3. The molecule has 0 radical (unpaired) electrons. The van der Waals surface area contributed by atoms with Gasteiger partial charge in [0.25, 0.3) is 11.5 Å². The number of para-hydroxylation sites is 1. The Hall–Kier alpha value is -3.61. The Labute approximate surface area is 177 Å². The van der Waals surface area contributed by atoms with Crippen molar-refractivity contribution < 1.29 is 18.4 Å². The van der Waals surface area contributed by atoms with Crippen molar-refractivity contribution in [2.24, 2.45) is 5.41 Å². The second-order valence-corrected chi connectivity index (χ2v) is 8.43. The normalized spacial score (nSPS) is 14.8. The summed E-state index contributed by atoms with van der Waals surface area (Å²) in [5.74, 6) is -2.63. The summed E-state index contributed by atoms with van der Waals surface area (Å²) in [4.78, 5) is 39.4. The van der Waals surface area contributed by atoms with E-state index in [0.29, 0.717) is 17.7 Å². The molecule has 0 saturated heterocycles. The second-order valence-electron chi connectivity index (χ2n) is 8.43. The van der Waals surface area contributed by atoms with E-state index in [1.807, 2.05) is 13.8 Å². The molecular weight excluding hydrogens is 402 g/mol. The summed E-state index contributed by atoms with van der Waals surface area (Å²) in [6.45, 7) is 3.76. The number of halogens is 2. The number of pyridine rings is 1. The number of ketones is 1. The quantitative estimate of drug-likeness (QED) is 0.675. The molecule has 1 amide bonds. The Morgan fingerprint density at radius 1 is 1.03 bits per heavy atom. The summed E-state index contributed by atoms with van der Waals surface area (Å²) in [7, 11) is 0. The lowest BCUT2D eigenvalue weighted by atomic mass is 9.73. The SMILES string of the molecule is CC1(C)CC(=O)c2cn(-c3ccccc3)c(=O)c(C(=O)Nc3cc(F)ccc3F)c2C1. The first kappa shape index (κ1) is 20.7. The average Bonchev–Trinajstić information content (AvgIpc) is 2.70. The van der Waals surface area contributed by atoms with Crippen molar-refractivity contribution in [1.82, 2.24) is 4.57 Å². The third-order valence-electron chi connectivity index (χ3n) is 5.35. The fraction of sp³-hybridized carbons (Fsp3) is 0.208. The monoisotopic (exact) mass is 422 g/mol. The number of carbonyl (C=O) groups excluding carboxylic acids is 2. The maximum atomic E-state index is 14.1. The minimum atomic E-state index is -0.887. The molecule has 7 heteroatoms. The third-order valence-corrected chi connectivity index (χ3v) is 5.35. The Kier molecular flexibility index (Phi) is 5.05. The number of benzene rings is 2. The number of Topliss-reactive ketones (excluding diaryl/α,β-unsaturated/α-hetero) is 1. The van der Waals surface area contributed by atoms with E-state index in [0.717, 1.165) is 18.2 Å². The molecule has 31 heavy (non-hydrogen) atoms. The Balaban J connectivity index is 1.92. The smallest absolute Gasteiger partial charge is 0.268 e. The first-order valence-corrected chi connectivity index (χ1v) is 9.80. The summed E-state index contributed by atoms with van der Waals surface area (Å²) >= 11 is 0. The lowest BCUT2D eigenvalue weighted by Crippen LogP contribution is -2.37. The van der Waals surface area contributed by atoms with Gasteiger partial charge in [-0.15, -0.1) is 0 Å². The zero-order valence-electron chi connectivity index (χ0n) is 17.0. The predicted molar refractivity (Wildman–Crippen MR) is 113 cm³/mol. The van der Waals surface area contributed by atoms with Gasteiger partial charge < -0.3 is 5.32 Å². The molecule has 0 saturated carbocycles. The van der Waals surface area contributed by atoms with E-state index in [1.54, 1.807) is 30.3 Å². The van der Waals surface area contributed by atoms with Crippen LogP contribution in [0.5, 0.6) is 0 Å². The van der Waals surface area contributed by atoms with Crippen LogP contribution in [0.1, 0.15) is 46.5 Å². The van der Waals surface area contributed by atoms with Gasteiger partial charge in [-0.2, -0.15) is 0 Å². The van der Waals surface area contributed by atoms with Gasteiger partial charge in [0.15, 0.2) is 5.78 Å². The molecule has 0 unspecified atom stereocenters. The Morgan fingerprint density at radius 3 is 2.45 bits per heavy atom. The lowest BCUT2D eigenvalue weighted by molar-refractivity contribution is 0.0910. The minimum Gasteiger partial charge on any atom is -0.319 e. The largest absolute Gasteiger partial charge is 0.319 e. The van der Waals surface area contributed by atoms with Crippen molar-refractivity contribution in [1.29, 1.82) is 0 Å². The minimum absolute atomic E-state index is 0.179. The van der Waals surface area contributed by atoms with Crippen LogP contribution >= 0.6 is 0 Å². The number of carbonyl (C=O) groups is 2. The standard InChI is InChI=1S/C24H20F2N2O3/c1-24(2)11-16-17(20(29)12-24)13-28(15-6-4-3-5-7-15)23(31)21(16)22(30)27-19-10-14(25)8-9-18(19)26/h3-10,13H,11-12H2,1-2H3,(H,27,30). The van der Waals surface area contributed by atoms with E-state index in [-0.39, 0.29) is 29.0 Å². The number of nitrogens with one attached hydrogen (secondary N) is 1. The van der Waals surface area contributed by atoms with Gasteiger partial charge in [0.1, 0.15) is 17.2 Å². The molecule has 4 rings (SSSR count). The first-order chi connectivity index (χ1) is 14.7. The van der Waals surface area contributed by atoms with Crippen LogP contribution in [0.4, 0.5) is 14.5 Å². The molecule has 0 fully saturated rings. The van der Waals surface area contributed by atoms with Crippen molar-refractivity contribution >= 4 is 17.4 Å². The van der Waals surface area contributed by atoms with Crippen molar-refractivity contribution in [3.63, 3.8) is 0 Å². The number of amides is 1. The van der Waals surface area contributed by atoms with Crippen LogP contribution < -0.4 is 10.9 Å². The fourth-order valence-electron chi connectivity index (χ4n) is 3.94. The van der Waals surface area contributed by atoms with Gasteiger partial charge in [-0.1, -0.05) is 32.0 Å². The van der Waals surface area contributed by atoms with Crippen LogP contribution in [-0.2, 0) is 6.42 Å². The van der Waals surface area contributed by atoms with Crippen molar-refractivity contribution in [2.75, 3.05) is 5.32 Å². The summed E-state index contributed by atoms with van der Waals surface area (Å²) < 4.78 is 28.9. The molecule has 0 atom stereocenters. The highest BCUT2D eigenvalue weighted by Crippen LogP contribution is 2.36. The van der Waals surface area contributed by atoms with Crippen molar-refractivity contribution in [3.8, 4) is 5.69 Å². The Morgan fingerprint density at radius 2 is 1.74 bits per heavy atom. The number of aromatic nitrogens is 1. The van der Waals surface area contributed by atoms with Crippen LogP contribution in [0.2, 0.25) is 0 Å². The van der Waals surface area contributed by atoms with Gasteiger partial charge in [-0.05, 0) is 41.7 Å². The van der Waals surface area contributed by atoms with E-state index in [1.165, 1.54) is 10.8 Å². The number of rotatable bonds is 3. The molecular formula is C24H20F2N2O3. The molecule has 158 valence electrons. The van der Waals surface area contributed by atoms with Crippen molar-refractivity contribution in [3.05, 3.63) is 93.4 Å². The molecule has 1 heterocycles. The highest BCUT2D eigenvalue weighted by Gasteiger charge is 2.36. The maximum Gasteiger partial charge on any atom is 0.268 e. The Bertz CT molecular complexity index is 1260. The second kappa shape index (κ2) is 7.58. The van der Waals surface area contributed by atoms with Gasteiger partial charge in [-0.3, -0.25) is 19.0 Å². The zero-order valence-corrected chi connectivity index (χ0v) is 17.0. The van der Waals surface area contributed by atoms with Gasteiger partial charge in [-0.25, -0.2) is 8.78 Å². The van der Waals surface area contributed by atoms with E-state index in [4.69, 9.17) is 0 Å². The highest BCUT2D eigenvalue weighted by molar-refractivity contribution is 6.08. The molecule has 0 spiro atoms. The molecule has 0 aliphatic heterocycles. The van der Waals surface area contributed by atoms with E-state index < -0.39 is 28.5 Å². The first-order valence-electron chi connectivity index (χ1n) is 9.80. The summed E-state index contributed by atoms with van der Waals surface area (Å²) in [5, 5.41) is 2.30. The molecule has 1 N–H and O–H groups in total. The van der Waals surface area contributed by atoms with Gasteiger partial charge in [0.05, 0.1) is 5.69 Å². The third kappa shape index (κ3) is 3.91. The summed E-state index contributed by atoms with van der Waals surface area (Å²) in [5.41, 5.74) is -0.612. The molecule has 3 aromatic rings. The topological polar surface area (TPSA) is 68.2 Å². The van der Waals surface area contributed by atoms with E-state index in [9.17, 15) is 23.2 Å². The van der Waals surface area contributed by atoms with Gasteiger partial charge in [0.2, 0.25) is 0 Å². The average molecular weight is 422 g/mol. The van der Waals surface area contributed by atoms with Crippen LogP contribution in [0.3, 0.4) is 0 Å². The molecule has 1 aromatic heterocycles. The highest BCUT2D eigenvalue weighted by atomic mass is 19.1. The lowest BCUT2D eigenvalue weighted by Gasteiger charge is -2.31. The predicted octanol–water partition coefficient (Wildman–Crippen LogP) is 4.52. The fourth-order valence-corrected chi connectivity index (χ4v) is 3.94. The molecule has 2 aromatic carbocycles. The number of nitrogens with zero attached hydrogens (tertiary/aromatic N) is 1. The van der Waals surface area contributed by atoms with Gasteiger partial charge in [0, 0.05) is 29.9 Å². The van der Waals surface area contributed by atoms with E-state index >= 15 is 0 Å². The number of hydrogen-bond acceptors (Lipinski definition) is 3. The maximum absolute atomic E-state index is 14.1. The molecule has 1 aliphatic rings. The molecule has 1 aliphatic carbocycles. The molecule has 5 nitrogen and oxygen atoms in total. The molecule has 0 bridgehead atoms. The number of hydrogen-bond donors (Lipinski definition) is 1. The van der Waals surface area contributed by atoms with Gasteiger partial charge >= 0.3 is 0 Å². The number of fused-ring (bicyclic) bond motifs is 1. The van der Waals surface area contributed by atoms with Crippen LogP contribution in [-0.4, -0.2) is 16.3 Å². The van der Waals surface area contributed by atoms with E-state index in [2.05, 4.69) is 5.32 Å². The number of anilines is 1. The van der Waals surface area contributed by atoms with Crippen LogP contribution in [0, 0.1) is 17.0 Å².